The van der Waals surface area contributed by atoms with E-state index in [0.717, 1.165) is 44.7 Å². The van der Waals surface area contributed by atoms with E-state index >= 15 is 0 Å². The van der Waals surface area contributed by atoms with Gasteiger partial charge >= 0.3 is 0 Å². The Labute approximate surface area is 132 Å². The zero-order valence-electron chi connectivity index (χ0n) is 13.2. The summed E-state index contributed by atoms with van der Waals surface area (Å²) in [7, 11) is 0. The number of amides is 1. The number of hydrogen-bond donors (Lipinski definition) is 1. The summed E-state index contributed by atoms with van der Waals surface area (Å²) < 4.78 is 5.34. The average Bonchev–Trinajstić information content (AvgIpc) is 3.07. The van der Waals surface area contributed by atoms with Gasteiger partial charge in [-0.15, -0.1) is 0 Å². The van der Waals surface area contributed by atoms with E-state index in [0.29, 0.717) is 5.92 Å². The Bertz CT molecular complexity index is 474. The SMILES string of the molecule is O=C(NCC1CCOCC1)c1ccc(CN2CCCC2)cc1. The molecule has 2 aliphatic heterocycles. The van der Waals surface area contributed by atoms with E-state index in [2.05, 4.69) is 22.3 Å². The summed E-state index contributed by atoms with van der Waals surface area (Å²) in [5, 5.41) is 3.06. The molecule has 2 fully saturated rings. The third-order valence-corrected chi connectivity index (χ3v) is 4.71. The van der Waals surface area contributed by atoms with Gasteiger partial charge in [0.1, 0.15) is 0 Å². The molecule has 1 aromatic rings. The Morgan fingerprint density at radius 1 is 1.14 bits per heavy atom. The third kappa shape index (κ3) is 4.31. The van der Waals surface area contributed by atoms with Gasteiger partial charge in [0, 0.05) is 31.9 Å². The summed E-state index contributed by atoms with van der Waals surface area (Å²) in [6.45, 7) is 5.82. The first kappa shape index (κ1) is 15.5. The normalized spacial score (nSPS) is 20.2. The zero-order chi connectivity index (χ0) is 15.2. The predicted octanol–water partition coefficient (Wildman–Crippen LogP) is 2.44. The van der Waals surface area contributed by atoms with Crippen molar-refractivity contribution in [2.45, 2.75) is 32.2 Å². The van der Waals surface area contributed by atoms with Crippen LogP contribution in [-0.4, -0.2) is 43.7 Å². The Morgan fingerprint density at radius 2 is 1.82 bits per heavy atom. The minimum absolute atomic E-state index is 0.0409. The lowest BCUT2D eigenvalue weighted by atomic mass is 10.0. The fourth-order valence-electron chi connectivity index (χ4n) is 3.25. The monoisotopic (exact) mass is 302 g/mol. The molecule has 2 saturated heterocycles. The van der Waals surface area contributed by atoms with Gasteiger partial charge in [-0.05, 0) is 62.4 Å². The molecular formula is C18H26N2O2. The second kappa shape index (κ2) is 7.75. The summed E-state index contributed by atoms with van der Waals surface area (Å²) in [6.07, 6.45) is 4.73. The third-order valence-electron chi connectivity index (χ3n) is 4.71. The van der Waals surface area contributed by atoms with Gasteiger partial charge < -0.3 is 10.1 Å². The van der Waals surface area contributed by atoms with Crippen LogP contribution in [0.3, 0.4) is 0 Å². The van der Waals surface area contributed by atoms with Crippen molar-refractivity contribution >= 4 is 5.91 Å². The summed E-state index contributed by atoms with van der Waals surface area (Å²) in [6, 6.07) is 8.07. The fourth-order valence-corrected chi connectivity index (χ4v) is 3.25. The van der Waals surface area contributed by atoms with Gasteiger partial charge in [-0.2, -0.15) is 0 Å². The Hall–Kier alpha value is -1.39. The van der Waals surface area contributed by atoms with Crippen LogP contribution >= 0.6 is 0 Å². The minimum Gasteiger partial charge on any atom is -0.381 e. The van der Waals surface area contributed by atoms with Crippen LogP contribution in [0, 0.1) is 5.92 Å². The molecule has 1 aromatic carbocycles. The Kier molecular flexibility index (Phi) is 5.46. The first-order chi connectivity index (χ1) is 10.8. The maximum atomic E-state index is 12.2. The van der Waals surface area contributed by atoms with E-state index in [9.17, 15) is 4.79 Å². The highest BCUT2D eigenvalue weighted by Gasteiger charge is 2.15. The molecule has 120 valence electrons. The van der Waals surface area contributed by atoms with Gasteiger partial charge in [0.15, 0.2) is 0 Å². The van der Waals surface area contributed by atoms with Crippen molar-refractivity contribution in [1.82, 2.24) is 10.2 Å². The van der Waals surface area contributed by atoms with Crippen molar-refractivity contribution in [2.24, 2.45) is 5.92 Å². The molecule has 0 radical (unpaired) electrons. The van der Waals surface area contributed by atoms with Crippen LogP contribution in [0.25, 0.3) is 0 Å². The highest BCUT2D eigenvalue weighted by Crippen LogP contribution is 2.15. The van der Waals surface area contributed by atoms with E-state index in [1.54, 1.807) is 0 Å². The number of nitrogens with one attached hydrogen (secondary N) is 1. The Balaban J connectivity index is 1.47. The molecule has 0 aliphatic carbocycles. The summed E-state index contributed by atoms with van der Waals surface area (Å²) in [4.78, 5) is 14.7. The summed E-state index contributed by atoms with van der Waals surface area (Å²) in [5.41, 5.74) is 2.06. The van der Waals surface area contributed by atoms with Gasteiger partial charge in [-0.25, -0.2) is 0 Å². The molecule has 1 N–H and O–H groups in total. The molecule has 3 rings (SSSR count). The largest absolute Gasteiger partial charge is 0.381 e. The maximum Gasteiger partial charge on any atom is 0.251 e. The number of likely N-dealkylation sites (tertiary alicyclic amines) is 1. The summed E-state index contributed by atoms with van der Waals surface area (Å²) in [5.74, 6) is 0.603. The van der Waals surface area contributed by atoms with Crippen LogP contribution in [0.5, 0.6) is 0 Å². The molecule has 4 nitrogen and oxygen atoms in total. The van der Waals surface area contributed by atoms with Crippen LogP contribution in [0.2, 0.25) is 0 Å². The van der Waals surface area contributed by atoms with Gasteiger partial charge in [-0.1, -0.05) is 12.1 Å². The topological polar surface area (TPSA) is 41.6 Å². The van der Waals surface area contributed by atoms with Crippen molar-refractivity contribution in [3.63, 3.8) is 0 Å². The lowest BCUT2D eigenvalue weighted by Gasteiger charge is -2.22. The molecule has 0 bridgehead atoms. The van der Waals surface area contributed by atoms with Crippen LogP contribution in [0.1, 0.15) is 41.6 Å². The second-order valence-electron chi connectivity index (χ2n) is 6.45. The number of rotatable bonds is 5. The smallest absolute Gasteiger partial charge is 0.251 e. The fraction of sp³-hybridized carbons (Fsp3) is 0.611. The highest BCUT2D eigenvalue weighted by atomic mass is 16.5. The van der Waals surface area contributed by atoms with Crippen molar-refractivity contribution in [2.75, 3.05) is 32.8 Å². The van der Waals surface area contributed by atoms with Gasteiger partial charge in [0.05, 0.1) is 0 Å². The predicted molar refractivity (Wildman–Crippen MR) is 86.8 cm³/mol. The number of nitrogens with zero attached hydrogens (tertiary/aromatic N) is 1. The molecule has 2 aliphatic rings. The van der Waals surface area contributed by atoms with Crippen LogP contribution in [0.4, 0.5) is 0 Å². The number of hydrogen-bond acceptors (Lipinski definition) is 3. The van der Waals surface area contributed by atoms with Crippen molar-refractivity contribution in [3.05, 3.63) is 35.4 Å². The molecule has 0 aromatic heterocycles. The van der Waals surface area contributed by atoms with Gasteiger partial charge in [-0.3, -0.25) is 9.69 Å². The molecule has 0 spiro atoms. The molecule has 0 atom stereocenters. The van der Waals surface area contributed by atoms with Crippen LogP contribution in [-0.2, 0) is 11.3 Å². The summed E-state index contributed by atoms with van der Waals surface area (Å²) >= 11 is 0. The first-order valence-electron chi connectivity index (χ1n) is 8.48. The molecule has 0 saturated carbocycles. The first-order valence-corrected chi connectivity index (χ1v) is 8.48. The molecule has 0 unspecified atom stereocenters. The molecule has 2 heterocycles. The van der Waals surface area contributed by atoms with Crippen LogP contribution < -0.4 is 5.32 Å². The number of ether oxygens (including phenoxy) is 1. The van der Waals surface area contributed by atoms with E-state index in [1.165, 1.54) is 31.5 Å². The maximum absolute atomic E-state index is 12.2. The molecule has 1 amide bonds. The molecule has 4 heteroatoms. The highest BCUT2D eigenvalue weighted by molar-refractivity contribution is 5.94. The standard InChI is InChI=1S/C18H26N2O2/c21-18(19-13-15-7-11-22-12-8-15)17-5-3-16(4-6-17)14-20-9-1-2-10-20/h3-6,15H,1-2,7-14H2,(H,19,21). The van der Waals surface area contributed by atoms with E-state index in [1.807, 2.05) is 12.1 Å². The lowest BCUT2D eigenvalue weighted by molar-refractivity contribution is 0.0642. The second-order valence-corrected chi connectivity index (χ2v) is 6.45. The van der Waals surface area contributed by atoms with Gasteiger partial charge in [0.25, 0.3) is 5.91 Å². The molecule has 22 heavy (non-hydrogen) atoms. The van der Waals surface area contributed by atoms with Crippen LogP contribution in [0.15, 0.2) is 24.3 Å². The van der Waals surface area contributed by atoms with E-state index in [4.69, 9.17) is 4.74 Å². The average molecular weight is 302 g/mol. The quantitative estimate of drug-likeness (QED) is 0.908. The van der Waals surface area contributed by atoms with E-state index in [-0.39, 0.29) is 5.91 Å². The zero-order valence-corrected chi connectivity index (χ0v) is 13.2. The van der Waals surface area contributed by atoms with Crippen molar-refractivity contribution < 1.29 is 9.53 Å². The van der Waals surface area contributed by atoms with Crippen molar-refractivity contribution in [1.29, 1.82) is 0 Å². The lowest BCUT2D eigenvalue weighted by Crippen LogP contribution is -2.32. The minimum atomic E-state index is 0.0409. The number of carbonyl (C=O) groups is 1. The van der Waals surface area contributed by atoms with E-state index < -0.39 is 0 Å². The van der Waals surface area contributed by atoms with Crippen molar-refractivity contribution in [3.8, 4) is 0 Å². The Morgan fingerprint density at radius 3 is 2.50 bits per heavy atom. The van der Waals surface area contributed by atoms with Gasteiger partial charge in [0.2, 0.25) is 0 Å². The number of carbonyl (C=O) groups excluding carboxylic acids is 1. The number of benzene rings is 1. The molecular weight excluding hydrogens is 276 g/mol.